The summed E-state index contributed by atoms with van der Waals surface area (Å²) in [6.07, 6.45) is 0. The Morgan fingerprint density at radius 1 is 0.889 bits per heavy atom. The lowest BCUT2D eigenvalue weighted by atomic mass is 10.2. The first-order chi connectivity index (χ1) is 13.0. The van der Waals surface area contributed by atoms with E-state index in [0.717, 1.165) is 5.56 Å². The molecule has 3 rings (SSSR count). The minimum Gasteiger partial charge on any atom is -0.465 e. The molecule has 0 saturated heterocycles. The number of carbonyl (C=O) groups excluding carboxylic acids is 1. The van der Waals surface area contributed by atoms with E-state index in [1.54, 1.807) is 24.3 Å². The number of nitrogens with zero attached hydrogens (tertiary/aromatic N) is 1. The Morgan fingerprint density at radius 3 is 2.15 bits per heavy atom. The molecule has 5 nitrogen and oxygen atoms in total. The first kappa shape index (κ1) is 18.7. The molecule has 27 heavy (non-hydrogen) atoms. The van der Waals surface area contributed by atoms with Gasteiger partial charge in [-0.15, -0.1) is 0 Å². The zero-order chi connectivity index (χ0) is 19.3. The molecule has 0 amide bonds. The fraction of sp³-hybridized carbons (Fsp3) is 0.0952. The van der Waals surface area contributed by atoms with Gasteiger partial charge in [-0.2, -0.15) is 0 Å². The van der Waals surface area contributed by atoms with Crippen molar-refractivity contribution in [2.75, 3.05) is 11.4 Å². The minimum atomic E-state index is -3.89. The Labute approximate surface area is 158 Å². The van der Waals surface area contributed by atoms with Crippen LogP contribution in [0.4, 0.5) is 5.69 Å². The lowest BCUT2D eigenvalue weighted by Gasteiger charge is -2.25. The van der Waals surface area contributed by atoms with E-state index in [1.165, 1.54) is 35.7 Å². The molecular weight excluding hydrogens is 362 g/mol. The van der Waals surface area contributed by atoms with Crippen LogP contribution in [0.2, 0.25) is 0 Å². The van der Waals surface area contributed by atoms with E-state index in [1.807, 2.05) is 36.4 Å². The second-order valence-electron chi connectivity index (χ2n) is 5.85. The summed E-state index contributed by atoms with van der Waals surface area (Å²) in [4.78, 5) is 11.8. The molecular formula is C21H19NO4S. The highest BCUT2D eigenvalue weighted by atomic mass is 32.2. The monoisotopic (exact) mass is 381 g/mol. The average molecular weight is 381 g/mol. The lowest BCUT2D eigenvalue weighted by molar-refractivity contribution is 0.0600. The molecule has 0 atom stereocenters. The first-order valence-corrected chi connectivity index (χ1v) is 9.76. The van der Waals surface area contributed by atoms with Crippen LogP contribution < -0.4 is 4.31 Å². The summed E-state index contributed by atoms with van der Waals surface area (Å²) in [5.41, 5.74) is 1.59. The molecule has 0 fully saturated rings. The molecule has 0 bridgehead atoms. The molecule has 6 heteroatoms. The Bertz CT molecular complexity index is 1020. The van der Waals surface area contributed by atoms with Crippen molar-refractivity contribution in [3.8, 4) is 0 Å². The number of rotatable bonds is 6. The summed E-state index contributed by atoms with van der Waals surface area (Å²) >= 11 is 0. The molecule has 3 aromatic rings. The third kappa shape index (κ3) is 4.17. The molecule has 0 aliphatic heterocycles. The molecule has 0 radical (unpaired) electrons. The number of sulfonamides is 1. The zero-order valence-electron chi connectivity index (χ0n) is 14.8. The summed E-state index contributed by atoms with van der Waals surface area (Å²) in [6, 6.07) is 24.1. The molecule has 0 heterocycles. The minimum absolute atomic E-state index is 0.0326. The smallest absolute Gasteiger partial charge is 0.337 e. The molecule has 0 aromatic heterocycles. The third-order valence-corrected chi connectivity index (χ3v) is 5.83. The molecule has 3 aromatic carbocycles. The second kappa shape index (κ2) is 8.05. The van der Waals surface area contributed by atoms with E-state index in [4.69, 9.17) is 4.74 Å². The van der Waals surface area contributed by atoms with E-state index in [0.29, 0.717) is 5.69 Å². The van der Waals surface area contributed by atoms with Gasteiger partial charge in [0, 0.05) is 0 Å². The molecule has 0 saturated carbocycles. The van der Waals surface area contributed by atoms with E-state index < -0.39 is 16.0 Å². The number of hydrogen-bond acceptors (Lipinski definition) is 4. The van der Waals surface area contributed by atoms with E-state index >= 15 is 0 Å². The molecule has 0 aliphatic rings. The molecule has 0 spiro atoms. The molecule has 0 N–H and O–H groups in total. The number of esters is 1. The van der Waals surface area contributed by atoms with Gasteiger partial charge >= 0.3 is 5.97 Å². The van der Waals surface area contributed by atoms with Crippen LogP contribution in [-0.4, -0.2) is 21.5 Å². The van der Waals surface area contributed by atoms with Gasteiger partial charge in [-0.05, 0) is 35.9 Å². The van der Waals surface area contributed by atoms with Crippen LogP contribution in [0.1, 0.15) is 15.9 Å². The Hall–Kier alpha value is -3.12. The molecule has 138 valence electrons. The van der Waals surface area contributed by atoms with E-state index in [2.05, 4.69) is 0 Å². The quantitative estimate of drug-likeness (QED) is 0.608. The van der Waals surface area contributed by atoms with Crippen LogP contribution >= 0.6 is 0 Å². The van der Waals surface area contributed by atoms with Gasteiger partial charge in [0.25, 0.3) is 10.0 Å². The number of benzene rings is 3. The number of methoxy groups -OCH3 is 1. The maximum Gasteiger partial charge on any atom is 0.337 e. The van der Waals surface area contributed by atoms with Gasteiger partial charge < -0.3 is 4.74 Å². The Balaban J connectivity index is 2.06. The highest BCUT2D eigenvalue weighted by Crippen LogP contribution is 2.26. The average Bonchev–Trinajstić information content (AvgIpc) is 2.72. The van der Waals surface area contributed by atoms with Crippen molar-refractivity contribution in [2.45, 2.75) is 11.4 Å². The van der Waals surface area contributed by atoms with Crippen molar-refractivity contribution >= 4 is 21.7 Å². The van der Waals surface area contributed by atoms with Crippen LogP contribution in [0.25, 0.3) is 0 Å². The highest BCUT2D eigenvalue weighted by molar-refractivity contribution is 7.92. The summed E-state index contributed by atoms with van der Waals surface area (Å²) < 4.78 is 32.8. The summed E-state index contributed by atoms with van der Waals surface area (Å²) in [6.45, 7) is 0.176. The van der Waals surface area contributed by atoms with Crippen molar-refractivity contribution < 1.29 is 17.9 Å². The van der Waals surface area contributed by atoms with Gasteiger partial charge in [0.15, 0.2) is 0 Å². The molecule has 0 unspecified atom stereocenters. The number of ether oxygens (including phenoxy) is 1. The van der Waals surface area contributed by atoms with Crippen molar-refractivity contribution in [1.82, 2.24) is 0 Å². The number of carbonyl (C=O) groups is 1. The number of para-hydroxylation sites is 1. The standard InChI is InChI=1S/C21H19NO4S/c1-26-21(23)18-11-8-14-20(15-18)27(24,25)22(19-12-6-3-7-13-19)16-17-9-4-2-5-10-17/h2-15H,16H2,1H3. The van der Waals surface area contributed by atoms with Crippen LogP contribution in [0.3, 0.4) is 0 Å². The fourth-order valence-electron chi connectivity index (χ4n) is 2.69. The third-order valence-electron chi connectivity index (χ3n) is 4.06. The van der Waals surface area contributed by atoms with Gasteiger partial charge in [-0.25, -0.2) is 13.2 Å². The summed E-state index contributed by atoms with van der Waals surface area (Å²) in [5, 5.41) is 0. The van der Waals surface area contributed by atoms with Gasteiger partial charge in [0.05, 0.1) is 29.8 Å². The van der Waals surface area contributed by atoms with Crippen molar-refractivity contribution in [2.24, 2.45) is 0 Å². The zero-order valence-corrected chi connectivity index (χ0v) is 15.6. The maximum atomic E-state index is 13.4. The number of anilines is 1. The SMILES string of the molecule is COC(=O)c1cccc(S(=O)(=O)N(Cc2ccccc2)c2ccccc2)c1. The van der Waals surface area contributed by atoms with Crippen molar-refractivity contribution in [3.63, 3.8) is 0 Å². The van der Waals surface area contributed by atoms with Gasteiger partial charge in [0.1, 0.15) is 0 Å². The van der Waals surface area contributed by atoms with Crippen LogP contribution in [0.5, 0.6) is 0 Å². The summed E-state index contributed by atoms with van der Waals surface area (Å²) in [5.74, 6) is -0.582. The molecule has 0 aliphatic carbocycles. The van der Waals surface area contributed by atoms with E-state index in [-0.39, 0.29) is 17.0 Å². The first-order valence-electron chi connectivity index (χ1n) is 8.32. The van der Waals surface area contributed by atoms with Crippen molar-refractivity contribution in [1.29, 1.82) is 0 Å². The summed E-state index contributed by atoms with van der Waals surface area (Å²) in [7, 11) is -2.63. The van der Waals surface area contributed by atoms with Gasteiger partial charge in [0.2, 0.25) is 0 Å². The van der Waals surface area contributed by atoms with Gasteiger partial charge in [-0.1, -0.05) is 54.6 Å². The fourth-order valence-corrected chi connectivity index (χ4v) is 4.19. The predicted octanol–water partition coefficient (Wildman–Crippen LogP) is 3.87. The van der Waals surface area contributed by atoms with Crippen LogP contribution in [0, 0.1) is 0 Å². The maximum absolute atomic E-state index is 13.4. The van der Waals surface area contributed by atoms with Crippen molar-refractivity contribution in [3.05, 3.63) is 96.1 Å². The highest BCUT2D eigenvalue weighted by Gasteiger charge is 2.26. The Kier molecular flexibility index (Phi) is 5.57. The predicted molar refractivity (Wildman–Crippen MR) is 104 cm³/mol. The van der Waals surface area contributed by atoms with Crippen LogP contribution in [-0.2, 0) is 21.3 Å². The number of hydrogen-bond donors (Lipinski definition) is 0. The normalized spacial score (nSPS) is 11.0. The topological polar surface area (TPSA) is 63.7 Å². The lowest BCUT2D eigenvalue weighted by Crippen LogP contribution is -2.30. The van der Waals surface area contributed by atoms with E-state index in [9.17, 15) is 13.2 Å². The Morgan fingerprint density at radius 2 is 1.52 bits per heavy atom. The largest absolute Gasteiger partial charge is 0.465 e. The van der Waals surface area contributed by atoms with Gasteiger partial charge in [-0.3, -0.25) is 4.31 Å². The van der Waals surface area contributed by atoms with Crippen LogP contribution in [0.15, 0.2) is 89.8 Å². The second-order valence-corrected chi connectivity index (χ2v) is 7.71.